The van der Waals surface area contributed by atoms with E-state index in [4.69, 9.17) is 0 Å². The molecule has 0 saturated carbocycles. The van der Waals surface area contributed by atoms with Crippen LogP contribution in [0.15, 0.2) is 12.3 Å². The molecular weight excluding hydrogens is 236 g/mol. The number of carboxylic acid groups (broad SMARTS) is 1. The molecule has 1 aromatic rings. The fourth-order valence-electron chi connectivity index (χ4n) is 1.77. The van der Waals surface area contributed by atoms with Gasteiger partial charge in [0.25, 0.3) is 5.69 Å². The van der Waals surface area contributed by atoms with Gasteiger partial charge in [0.05, 0.1) is 16.5 Å². The molecule has 1 atom stereocenters. The summed E-state index contributed by atoms with van der Waals surface area (Å²) < 4.78 is 0. The Morgan fingerprint density at radius 1 is 1.56 bits per heavy atom. The van der Waals surface area contributed by atoms with Crippen molar-refractivity contribution in [2.24, 2.45) is 5.92 Å². The van der Waals surface area contributed by atoms with E-state index in [2.05, 4.69) is 4.98 Å². The molecule has 0 aromatic carbocycles. The van der Waals surface area contributed by atoms with Crippen molar-refractivity contribution in [3.05, 3.63) is 33.6 Å². The summed E-state index contributed by atoms with van der Waals surface area (Å²) in [5, 5.41) is 19.8. The number of hydrogen-bond acceptors (Lipinski definition) is 4. The average molecular weight is 252 g/mol. The lowest BCUT2D eigenvalue weighted by Crippen LogP contribution is -2.15. The molecule has 0 fully saturated rings. The van der Waals surface area contributed by atoms with E-state index in [1.54, 1.807) is 6.92 Å². The van der Waals surface area contributed by atoms with Gasteiger partial charge in [-0.25, -0.2) is 0 Å². The van der Waals surface area contributed by atoms with E-state index in [1.165, 1.54) is 6.07 Å². The molecule has 98 valence electrons. The fraction of sp³-hybridized carbons (Fsp3) is 0.500. The summed E-state index contributed by atoms with van der Waals surface area (Å²) in [7, 11) is 0. The Morgan fingerprint density at radius 3 is 2.56 bits per heavy atom. The molecule has 0 spiro atoms. The molecule has 0 aliphatic rings. The molecule has 18 heavy (non-hydrogen) atoms. The van der Waals surface area contributed by atoms with E-state index in [0.717, 1.165) is 6.20 Å². The number of rotatable bonds is 5. The van der Waals surface area contributed by atoms with Gasteiger partial charge >= 0.3 is 5.97 Å². The van der Waals surface area contributed by atoms with Crippen LogP contribution in [0.4, 0.5) is 5.69 Å². The third-order valence-electron chi connectivity index (χ3n) is 2.66. The summed E-state index contributed by atoms with van der Waals surface area (Å²) in [5.41, 5.74) is 0.715. The molecule has 0 radical (unpaired) electrons. The first-order valence-corrected chi connectivity index (χ1v) is 5.66. The van der Waals surface area contributed by atoms with Gasteiger partial charge in [0.2, 0.25) is 0 Å². The fourth-order valence-corrected chi connectivity index (χ4v) is 1.77. The Hall–Kier alpha value is -1.98. The molecule has 1 rings (SSSR count). The van der Waals surface area contributed by atoms with Gasteiger partial charge in [-0.05, 0) is 25.3 Å². The van der Waals surface area contributed by atoms with Crippen molar-refractivity contribution in [2.75, 3.05) is 0 Å². The van der Waals surface area contributed by atoms with Crippen LogP contribution in [-0.2, 0) is 4.79 Å². The Kier molecular flexibility index (Phi) is 4.36. The summed E-state index contributed by atoms with van der Waals surface area (Å²) in [5.74, 6) is -1.46. The molecule has 1 aromatic heterocycles. The maximum absolute atomic E-state index is 11.2. The van der Waals surface area contributed by atoms with Gasteiger partial charge in [-0.15, -0.1) is 0 Å². The highest BCUT2D eigenvalue weighted by molar-refractivity contribution is 5.75. The first kappa shape index (κ1) is 14.1. The third-order valence-corrected chi connectivity index (χ3v) is 2.66. The number of pyridine rings is 1. The van der Waals surface area contributed by atoms with Crippen molar-refractivity contribution in [3.8, 4) is 0 Å². The Labute approximate surface area is 105 Å². The maximum Gasteiger partial charge on any atom is 0.312 e. The number of carboxylic acids is 1. The Morgan fingerprint density at radius 2 is 2.17 bits per heavy atom. The number of hydrogen-bond donors (Lipinski definition) is 1. The molecule has 1 heterocycles. The number of aliphatic carboxylic acids is 1. The summed E-state index contributed by atoms with van der Waals surface area (Å²) >= 11 is 0. The molecule has 0 saturated heterocycles. The zero-order valence-electron chi connectivity index (χ0n) is 10.6. The number of carbonyl (C=O) groups is 1. The molecule has 6 heteroatoms. The van der Waals surface area contributed by atoms with Gasteiger partial charge in [-0.3, -0.25) is 19.9 Å². The zero-order chi connectivity index (χ0) is 13.9. The van der Waals surface area contributed by atoms with Crippen LogP contribution < -0.4 is 0 Å². The minimum atomic E-state index is -0.954. The van der Waals surface area contributed by atoms with Crippen LogP contribution in [-0.4, -0.2) is 21.0 Å². The Bertz CT molecular complexity index is 471. The zero-order valence-corrected chi connectivity index (χ0v) is 10.6. The highest BCUT2D eigenvalue weighted by Crippen LogP contribution is 2.26. The molecule has 1 N–H and O–H groups in total. The van der Waals surface area contributed by atoms with Crippen LogP contribution in [0.3, 0.4) is 0 Å². The normalized spacial score (nSPS) is 12.4. The molecule has 0 amide bonds. The molecular formula is C12H16N2O4. The van der Waals surface area contributed by atoms with Crippen LogP contribution in [0.5, 0.6) is 0 Å². The topological polar surface area (TPSA) is 93.3 Å². The lowest BCUT2D eigenvalue weighted by atomic mass is 9.93. The summed E-state index contributed by atoms with van der Waals surface area (Å²) in [6.45, 7) is 5.43. The van der Waals surface area contributed by atoms with Crippen LogP contribution in [0.25, 0.3) is 0 Å². The second kappa shape index (κ2) is 5.57. The lowest BCUT2D eigenvalue weighted by Gasteiger charge is -2.14. The average Bonchev–Trinajstić information content (AvgIpc) is 2.24. The van der Waals surface area contributed by atoms with Crippen molar-refractivity contribution >= 4 is 11.7 Å². The highest BCUT2D eigenvalue weighted by Gasteiger charge is 2.24. The van der Waals surface area contributed by atoms with Crippen molar-refractivity contribution < 1.29 is 14.8 Å². The summed E-state index contributed by atoms with van der Waals surface area (Å²) in [6.07, 6.45) is 1.58. The van der Waals surface area contributed by atoms with Gasteiger partial charge in [0.1, 0.15) is 6.20 Å². The van der Waals surface area contributed by atoms with Gasteiger partial charge in [-0.1, -0.05) is 13.8 Å². The predicted octanol–water partition coefficient (Wildman–Crippen LogP) is 2.51. The first-order valence-electron chi connectivity index (χ1n) is 5.66. The number of aromatic nitrogens is 1. The van der Waals surface area contributed by atoms with Crippen LogP contribution in [0.2, 0.25) is 0 Å². The highest BCUT2D eigenvalue weighted by atomic mass is 16.6. The molecule has 1 unspecified atom stereocenters. The predicted molar refractivity (Wildman–Crippen MR) is 65.5 cm³/mol. The van der Waals surface area contributed by atoms with Crippen LogP contribution in [0, 0.1) is 23.0 Å². The summed E-state index contributed by atoms with van der Waals surface area (Å²) in [4.78, 5) is 25.2. The van der Waals surface area contributed by atoms with E-state index in [1.807, 2.05) is 13.8 Å². The molecule has 0 bridgehead atoms. The van der Waals surface area contributed by atoms with Crippen LogP contribution >= 0.6 is 0 Å². The largest absolute Gasteiger partial charge is 0.481 e. The molecule has 0 aliphatic heterocycles. The Balaban J connectivity index is 3.11. The molecule has 0 aliphatic carbocycles. The number of aryl methyl sites for hydroxylation is 1. The van der Waals surface area contributed by atoms with Crippen molar-refractivity contribution in [1.29, 1.82) is 0 Å². The van der Waals surface area contributed by atoms with Gasteiger partial charge in [0.15, 0.2) is 0 Å². The number of nitrogens with zero attached hydrogens (tertiary/aromatic N) is 2. The van der Waals surface area contributed by atoms with Crippen molar-refractivity contribution in [3.63, 3.8) is 0 Å². The molecule has 6 nitrogen and oxygen atoms in total. The SMILES string of the molecule is Cc1cc(C(CC(C)C)C(=O)O)ncc1[N+](=O)[O-]. The van der Waals surface area contributed by atoms with E-state index in [0.29, 0.717) is 17.7 Å². The minimum absolute atomic E-state index is 0.0903. The second-order valence-corrected chi connectivity index (χ2v) is 4.67. The van der Waals surface area contributed by atoms with E-state index >= 15 is 0 Å². The second-order valence-electron chi connectivity index (χ2n) is 4.67. The maximum atomic E-state index is 11.2. The van der Waals surface area contributed by atoms with Gasteiger partial charge in [-0.2, -0.15) is 0 Å². The van der Waals surface area contributed by atoms with Crippen LogP contribution in [0.1, 0.15) is 37.4 Å². The van der Waals surface area contributed by atoms with E-state index in [9.17, 15) is 20.0 Å². The minimum Gasteiger partial charge on any atom is -0.481 e. The van der Waals surface area contributed by atoms with Gasteiger partial charge < -0.3 is 5.11 Å². The first-order chi connectivity index (χ1) is 8.32. The smallest absolute Gasteiger partial charge is 0.312 e. The van der Waals surface area contributed by atoms with E-state index < -0.39 is 16.8 Å². The standard InChI is InChI=1S/C12H16N2O4/c1-7(2)4-9(12(15)16)10-5-8(3)11(6-13-10)14(17)18/h5-7,9H,4H2,1-3H3,(H,15,16). The summed E-state index contributed by atoms with van der Waals surface area (Å²) in [6, 6.07) is 1.49. The van der Waals surface area contributed by atoms with Gasteiger partial charge in [0, 0.05) is 5.56 Å². The monoisotopic (exact) mass is 252 g/mol. The lowest BCUT2D eigenvalue weighted by molar-refractivity contribution is -0.385. The van der Waals surface area contributed by atoms with Crippen molar-refractivity contribution in [2.45, 2.75) is 33.1 Å². The third kappa shape index (κ3) is 3.26. The quantitative estimate of drug-likeness (QED) is 0.641. The van der Waals surface area contributed by atoms with E-state index in [-0.39, 0.29) is 11.6 Å². The van der Waals surface area contributed by atoms with Crippen molar-refractivity contribution in [1.82, 2.24) is 4.98 Å². The number of nitro groups is 1.